The molecule has 0 aliphatic carbocycles. The normalized spacial score (nSPS) is 12.5. The summed E-state index contributed by atoms with van der Waals surface area (Å²) < 4.78 is 1.61. The Morgan fingerprint density at radius 3 is 2.23 bits per heavy atom. The molecule has 0 bridgehead atoms. The molecule has 0 fully saturated rings. The van der Waals surface area contributed by atoms with E-state index in [4.69, 9.17) is 0 Å². The maximum atomic E-state index is 12.4. The highest BCUT2D eigenvalue weighted by atomic mass is 16.3. The van der Waals surface area contributed by atoms with Gasteiger partial charge in [0.05, 0.1) is 11.3 Å². The SMILES string of the molecule is CCCC(O)(CCC)CNC(=O)c1cc(C(C)(C)C)nn1C. The number of nitrogens with zero attached hydrogens (tertiary/aromatic N) is 2. The number of amides is 1. The lowest BCUT2D eigenvalue weighted by atomic mass is 9.92. The van der Waals surface area contributed by atoms with Crippen LogP contribution in [0.5, 0.6) is 0 Å². The molecule has 0 spiro atoms. The van der Waals surface area contributed by atoms with Gasteiger partial charge in [-0.2, -0.15) is 5.10 Å². The number of rotatable bonds is 7. The van der Waals surface area contributed by atoms with E-state index in [1.165, 1.54) is 0 Å². The van der Waals surface area contributed by atoms with Crippen molar-refractivity contribution >= 4 is 5.91 Å². The van der Waals surface area contributed by atoms with Crippen LogP contribution in [-0.4, -0.2) is 32.9 Å². The highest BCUT2D eigenvalue weighted by molar-refractivity contribution is 5.92. The molecule has 0 aromatic carbocycles. The molecule has 0 radical (unpaired) electrons. The maximum absolute atomic E-state index is 12.4. The van der Waals surface area contributed by atoms with Crippen molar-refractivity contribution in [2.24, 2.45) is 7.05 Å². The molecule has 0 aliphatic heterocycles. The number of hydrogen-bond donors (Lipinski definition) is 2. The Morgan fingerprint density at radius 2 is 1.82 bits per heavy atom. The van der Waals surface area contributed by atoms with Gasteiger partial charge in [0, 0.05) is 19.0 Å². The predicted molar refractivity (Wildman–Crippen MR) is 89.0 cm³/mol. The second-order valence-corrected chi connectivity index (χ2v) is 7.20. The van der Waals surface area contributed by atoms with E-state index in [2.05, 4.69) is 31.2 Å². The number of aromatic nitrogens is 2. The second-order valence-electron chi connectivity index (χ2n) is 7.20. The number of aliphatic hydroxyl groups is 1. The van der Waals surface area contributed by atoms with E-state index in [0.717, 1.165) is 18.5 Å². The van der Waals surface area contributed by atoms with Crippen LogP contribution in [0, 0.1) is 0 Å². The molecule has 5 nitrogen and oxygen atoms in total. The fourth-order valence-electron chi connectivity index (χ4n) is 2.61. The van der Waals surface area contributed by atoms with Crippen molar-refractivity contribution in [3.63, 3.8) is 0 Å². The summed E-state index contributed by atoms with van der Waals surface area (Å²) in [5, 5.41) is 17.9. The minimum atomic E-state index is -0.815. The van der Waals surface area contributed by atoms with Gasteiger partial charge in [-0.25, -0.2) is 0 Å². The Kier molecular flexibility index (Phi) is 6.17. The molecule has 22 heavy (non-hydrogen) atoms. The van der Waals surface area contributed by atoms with Crippen LogP contribution in [0.25, 0.3) is 0 Å². The predicted octanol–water partition coefficient (Wildman–Crippen LogP) is 2.78. The topological polar surface area (TPSA) is 67.2 Å². The van der Waals surface area contributed by atoms with E-state index in [1.807, 2.05) is 19.9 Å². The Bertz CT molecular complexity index is 494. The van der Waals surface area contributed by atoms with Crippen LogP contribution in [0.2, 0.25) is 0 Å². The highest BCUT2D eigenvalue weighted by Crippen LogP contribution is 2.22. The second kappa shape index (κ2) is 7.27. The zero-order valence-corrected chi connectivity index (χ0v) is 14.9. The molecule has 1 aromatic heterocycles. The molecule has 1 heterocycles. The van der Waals surface area contributed by atoms with Crippen molar-refractivity contribution in [2.75, 3.05) is 6.54 Å². The van der Waals surface area contributed by atoms with E-state index >= 15 is 0 Å². The van der Waals surface area contributed by atoms with E-state index in [0.29, 0.717) is 18.5 Å². The summed E-state index contributed by atoms with van der Waals surface area (Å²) in [4.78, 5) is 12.4. The quantitative estimate of drug-likeness (QED) is 0.814. The lowest BCUT2D eigenvalue weighted by Gasteiger charge is -2.27. The van der Waals surface area contributed by atoms with Gasteiger partial charge in [0.1, 0.15) is 5.69 Å². The average Bonchev–Trinajstić information content (AvgIpc) is 2.79. The third kappa shape index (κ3) is 4.83. The number of carbonyl (C=O) groups is 1. The van der Waals surface area contributed by atoms with Crippen molar-refractivity contribution in [3.8, 4) is 0 Å². The summed E-state index contributed by atoms with van der Waals surface area (Å²) in [5.41, 5.74) is 0.504. The first-order chi connectivity index (χ1) is 10.1. The smallest absolute Gasteiger partial charge is 0.269 e. The molecule has 1 aromatic rings. The van der Waals surface area contributed by atoms with E-state index in [-0.39, 0.29) is 17.9 Å². The molecule has 0 saturated heterocycles. The lowest BCUT2D eigenvalue weighted by Crippen LogP contribution is -2.43. The van der Waals surface area contributed by atoms with Gasteiger partial charge in [-0.1, -0.05) is 47.5 Å². The molecule has 2 N–H and O–H groups in total. The van der Waals surface area contributed by atoms with E-state index in [9.17, 15) is 9.90 Å². The average molecular weight is 309 g/mol. The monoisotopic (exact) mass is 309 g/mol. The van der Waals surface area contributed by atoms with Gasteiger partial charge in [0.25, 0.3) is 5.91 Å². The fourth-order valence-corrected chi connectivity index (χ4v) is 2.61. The van der Waals surface area contributed by atoms with Crippen molar-refractivity contribution in [1.82, 2.24) is 15.1 Å². The zero-order chi connectivity index (χ0) is 17.0. The third-order valence-corrected chi connectivity index (χ3v) is 3.89. The summed E-state index contributed by atoms with van der Waals surface area (Å²) in [6.45, 7) is 10.6. The van der Waals surface area contributed by atoms with Gasteiger partial charge in [0.2, 0.25) is 0 Å². The van der Waals surface area contributed by atoms with Crippen molar-refractivity contribution in [1.29, 1.82) is 0 Å². The van der Waals surface area contributed by atoms with Gasteiger partial charge < -0.3 is 10.4 Å². The summed E-state index contributed by atoms with van der Waals surface area (Å²) in [6.07, 6.45) is 3.18. The standard InChI is InChI=1S/C17H31N3O2/c1-7-9-17(22,10-8-2)12-18-15(21)13-11-14(16(3,4)5)19-20(13)6/h11,22H,7-10,12H2,1-6H3,(H,18,21). The minimum absolute atomic E-state index is 0.0958. The Morgan fingerprint density at radius 1 is 1.27 bits per heavy atom. The van der Waals surface area contributed by atoms with Crippen molar-refractivity contribution < 1.29 is 9.90 Å². The molecule has 0 aliphatic rings. The van der Waals surface area contributed by atoms with Crippen LogP contribution < -0.4 is 5.32 Å². The summed E-state index contributed by atoms with van der Waals surface area (Å²) in [7, 11) is 1.77. The number of nitrogens with one attached hydrogen (secondary N) is 1. The number of carbonyl (C=O) groups excluding carboxylic acids is 1. The van der Waals surface area contributed by atoms with Crippen LogP contribution in [0.4, 0.5) is 0 Å². The highest BCUT2D eigenvalue weighted by Gasteiger charge is 2.27. The molecular weight excluding hydrogens is 278 g/mol. The van der Waals surface area contributed by atoms with Crippen LogP contribution in [0.1, 0.15) is 76.5 Å². The Labute approximate surface area is 134 Å². The summed E-state index contributed by atoms with van der Waals surface area (Å²) in [5.74, 6) is -0.184. The molecule has 0 unspecified atom stereocenters. The minimum Gasteiger partial charge on any atom is -0.388 e. The van der Waals surface area contributed by atoms with Crippen LogP contribution >= 0.6 is 0 Å². The summed E-state index contributed by atoms with van der Waals surface area (Å²) >= 11 is 0. The molecule has 1 amide bonds. The largest absolute Gasteiger partial charge is 0.388 e. The Balaban J connectivity index is 2.79. The van der Waals surface area contributed by atoms with Crippen LogP contribution in [0.15, 0.2) is 6.07 Å². The molecule has 5 heteroatoms. The third-order valence-electron chi connectivity index (χ3n) is 3.89. The van der Waals surface area contributed by atoms with Crippen LogP contribution in [-0.2, 0) is 12.5 Å². The first-order valence-electron chi connectivity index (χ1n) is 8.18. The van der Waals surface area contributed by atoms with Gasteiger partial charge in [-0.05, 0) is 18.9 Å². The van der Waals surface area contributed by atoms with Gasteiger partial charge in [-0.15, -0.1) is 0 Å². The van der Waals surface area contributed by atoms with Crippen molar-refractivity contribution in [3.05, 3.63) is 17.5 Å². The molecule has 126 valence electrons. The molecule has 1 rings (SSSR count). The zero-order valence-electron chi connectivity index (χ0n) is 14.9. The summed E-state index contributed by atoms with van der Waals surface area (Å²) in [6, 6.07) is 1.83. The maximum Gasteiger partial charge on any atom is 0.269 e. The number of hydrogen-bond acceptors (Lipinski definition) is 3. The van der Waals surface area contributed by atoms with E-state index in [1.54, 1.807) is 11.7 Å². The van der Waals surface area contributed by atoms with Gasteiger partial charge >= 0.3 is 0 Å². The molecule has 0 atom stereocenters. The Hall–Kier alpha value is -1.36. The van der Waals surface area contributed by atoms with Crippen LogP contribution in [0.3, 0.4) is 0 Å². The lowest BCUT2D eigenvalue weighted by molar-refractivity contribution is 0.0212. The fraction of sp³-hybridized carbons (Fsp3) is 0.765. The van der Waals surface area contributed by atoms with Crippen molar-refractivity contribution in [2.45, 2.75) is 71.3 Å². The van der Waals surface area contributed by atoms with E-state index < -0.39 is 5.60 Å². The number of aryl methyl sites for hydroxylation is 1. The first kappa shape index (κ1) is 18.7. The molecule has 0 saturated carbocycles. The first-order valence-corrected chi connectivity index (χ1v) is 8.18. The van der Waals surface area contributed by atoms with Gasteiger partial charge in [0.15, 0.2) is 0 Å². The van der Waals surface area contributed by atoms with Gasteiger partial charge in [-0.3, -0.25) is 9.48 Å². The molecular formula is C17H31N3O2.